The van der Waals surface area contributed by atoms with Crippen LogP contribution in [0, 0.1) is 5.92 Å². The van der Waals surface area contributed by atoms with E-state index in [2.05, 4.69) is 5.32 Å². The van der Waals surface area contributed by atoms with Gasteiger partial charge in [-0.25, -0.2) is 0 Å². The maximum Gasteiger partial charge on any atom is 0.416 e. The standard InChI is InChI=1S/C25H33F6NO2/c1-18(2)16-32-23(33)14-19(3)10-8-6-4-5-7-9-13-34-17-20-11-12-21(24(26,27)28)15-22(20)25(29,30)31/h8,10-12,14-15,18H,4-7,9,13,16-17H2,1-3H3,(H,32,33)/b10-8+,19-14+. The Bertz CT molecular complexity index is 826. The van der Waals surface area contributed by atoms with Crippen molar-refractivity contribution >= 4 is 5.91 Å². The van der Waals surface area contributed by atoms with Crippen LogP contribution in [-0.4, -0.2) is 19.1 Å². The highest BCUT2D eigenvalue weighted by Gasteiger charge is 2.38. The molecule has 0 saturated carbocycles. The lowest BCUT2D eigenvalue weighted by Crippen LogP contribution is -2.25. The second-order valence-electron chi connectivity index (χ2n) is 8.55. The second-order valence-corrected chi connectivity index (χ2v) is 8.55. The molecule has 0 aliphatic carbocycles. The summed E-state index contributed by atoms with van der Waals surface area (Å²) in [6, 6.07) is 1.58. The number of unbranched alkanes of at least 4 members (excludes halogenated alkanes) is 4. The van der Waals surface area contributed by atoms with Crippen LogP contribution in [0.25, 0.3) is 0 Å². The van der Waals surface area contributed by atoms with Crippen LogP contribution in [0.15, 0.2) is 42.0 Å². The van der Waals surface area contributed by atoms with Crippen LogP contribution in [0.4, 0.5) is 26.3 Å². The fourth-order valence-electron chi connectivity index (χ4n) is 3.02. The number of benzene rings is 1. The Morgan fingerprint density at radius 3 is 2.32 bits per heavy atom. The molecule has 0 aromatic heterocycles. The molecule has 1 aromatic rings. The Hall–Kier alpha value is -2.29. The SMILES string of the molecule is CC(/C=C/CCCCCCOCc1ccc(C(F)(F)F)cc1C(F)(F)F)=C\C(=O)NCC(C)C. The van der Waals surface area contributed by atoms with Crippen molar-refractivity contribution in [1.29, 1.82) is 0 Å². The molecule has 3 nitrogen and oxygen atoms in total. The van der Waals surface area contributed by atoms with Crippen LogP contribution in [-0.2, 0) is 28.5 Å². The lowest BCUT2D eigenvalue weighted by molar-refractivity contribution is -0.143. The molecule has 1 rings (SSSR count). The first-order chi connectivity index (χ1) is 15.8. The minimum absolute atomic E-state index is 0.116. The molecule has 0 aliphatic rings. The summed E-state index contributed by atoms with van der Waals surface area (Å²) < 4.78 is 82.8. The van der Waals surface area contributed by atoms with Crippen molar-refractivity contribution in [2.24, 2.45) is 5.92 Å². The third-order valence-electron chi connectivity index (χ3n) is 4.83. The monoisotopic (exact) mass is 493 g/mol. The van der Waals surface area contributed by atoms with Crippen LogP contribution in [0.5, 0.6) is 0 Å². The van der Waals surface area contributed by atoms with Crippen LogP contribution in [0.2, 0.25) is 0 Å². The molecule has 34 heavy (non-hydrogen) atoms. The lowest BCUT2D eigenvalue weighted by atomic mass is 10.0. The van der Waals surface area contributed by atoms with Gasteiger partial charge in [0.25, 0.3) is 0 Å². The van der Waals surface area contributed by atoms with E-state index < -0.39 is 30.1 Å². The summed E-state index contributed by atoms with van der Waals surface area (Å²) in [5.74, 6) is 0.273. The molecule has 0 radical (unpaired) electrons. The first-order valence-electron chi connectivity index (χ1n) is 11.3. The van der Waals surface area contributed by atoms with Crippen LogP contribution >= 0.6 is 0 Å². The first kappa shape index (κ1) is 29.7. The zero-order chi connectivity index (χ0) is 25.8. The van der Waals surface area contributed by atoms with Gasteiger partial charge in [0, 0.05) is 19.2 Å². The van der Waals surface area contributed by atoms with Crippen molar-refractivity contribution in [2.75, 3.05) is 13.2 Å². The Labute approximate surface area is 197 Å². The number of amides is 1. The van der Waals surface area contributed by atoms with Gasteiger partial charge in [-0.2, -0.15) is 26.3 Å². The van der Waals surface area contributed by atoms with Gasteiger partial charge in [0.05, 0.1) is 17.7 Å². The first-order valence-corrected chi connectivity index (χ1v) is 11.3. The molecule has 0 fully saturated rings. The minimum atomic E-state index is -4.89. The number of ether oxygens (including phenoxy) is 1. The fourth-order valence-corrected chi connectivity index (χ4v) is 3.02. The topological polar surface area (TPSA) is 38.3 Å². The Kier molecular flexibility index (Phi) is 12.4. The van der Waals surface area contributed by atoms with Crippen molar-refractivity contribution in [2.45, 2.75) is 71.8 Å². The van der Waals surface area contributed by atoms with E-state index in [1.54, 1.807) is 6.08 Å². The summed E-state index contributed by atoms with van der Waals surface area (Å²) in [7, 11) is 0. The maximum absolute atomic E-state index is 13.1. The molecule has 0 heterocycles. The molecule has 1 aromatic carbocycles. The molecular weight excluding hydrogens is 460 g/mol. The van der Waals surface area contributed by atoms with E-state index in [4.69, 9.17) is 4.74 Å². The van der Waals surface area contributed by atoms with Gasteiger partial charge < -0.3 is 10.1 Å². The minimum Gasteiger partial charge on any atom is -0.377 e. The van der Waals surface area contributed by atoms with E-state index >= 15 is 0 Å². The number of nitrogens with one attached hydrogen (secondary N) is 1. The summed E-state index contributed by atoms with van der Waals surface area (Å²) in [5.41, 5.74) is -2.11. The Morgan fingerprint density at radius 1 is 1.03 bits per heavy atom. The normalized spacial score (nSPS) is 13.2. The molecular formula is C25H33F6NO2. The van der Waals surface area contributed by atoms with Gasteiger partial charge in [-0.05, 0) is 55.4 Å². The zero-order valence-electron chi connectivity index (χ0n) is 19.8. The zero-order valence-corrected chi connectivity index (χ0v) is 19.8. The second kappa shape index (κ2) is 14.2. The van der Waals surface area contributed by atoms with Crippen molar-refractivity contribution in [1.82, 2.24) is 5.32 Å². The van der Waals surface area contributed by atoms with Crippen molar-refractivity contribution in [3.05, 3.63) is 58.7 Å². The summed E-state index contributed by atoms with van der Waals surface area (Å²) in [6.45, 7) is 6.35. The van der Waals surface area contributed by atoms with Gasteiger partial charge in [0.2, 0.25) is 5.91 Å². The van der Waals surface area contributed by atoms with E-state index in [0.717, 1.165) is 37.3 Å². The van der Waals surface area contributed by atoms with Gasteiger partial charge >= 0.3 is 12.4 Å². The number of hydrogen-bond acceptors (Lipinski definition) is 2. The van der Waals surface area contributed by atoms with E-state index in [9.17, 15) is 31.1 Å². The molecule has 0 aliphatic heterocycles. The van der Waals surface area contributed by atoms with Gasteiger partial charge in [0.15, 0.2) is 0 Å². The van der Waals surface area contributed by atoms with Gasteiger partial charge in [0.1, 0.15) is 0 Å². The lowest BCUT2D eigenvalue weighted by Gasteiger charge is -2.16. The third kappa shape index (κ3) is 12.3. The molecule has 0 saturated heterocycles. The number of alkyl halides is 6. The molecule has 1 N–H and O–H groups in total. The molecule has 0 bridgehead atoms. The van der Waals surface area contributed by atoms with E-state index in [1.807, 2.05) is 32.9 Å². The predicted molar refractivity (Wildman–Crippen MR) is 120 cm³/mol. The average molecular weight is 494 g/mol. The molecule has 0 spiro atoms. The number of carbonyl (C=O) groups is 1. The van der Waals surface area contributed by atoms with E-state index in [1.165, 1.54) is 0 Å². The van der Waals surface area contributed by atoms with Crippen LogP contribution < -0.4 is 5.32 Å². The smallest absolute Gasteiger partial charge is 0.377 e. The number of rotatable bonds is 13. The van der Waals surface area contributed by atoms with E-state index in [-0.39, 0.29) is 24.1 Å². The van der Waals surface area contributed by atoms with Crippen LogP contribution in [0.1, 0.15) is 69.6 Å². The highest BCUT2D eigenvalue weighted by Crippen LogP contribution is 2.37. The summed E-state index contributed by atoms with van der Waals surface area (Å²) in [6.07, 6.45) is -0.191. The van der Waals surface area contributed by atoms with Gasteiger partial charge in [-0.1, -0.05) is 44.9 Å². The summed E-state index contributed by atoms with van der Waals surface area (Å²) in [4.78, 5) is 11.7. The Balaban J connectivity index is 2.30. The average Bonchev–Trinajstić information content (AvgIpc) is 2.72. The number of allylic oxidation sites excluding steroid dienone is 3. The van der Waals surface area contributed by atoms with Crippen molar-refractivity contribution in [3.63, 3.8) is 0 Å². The molecule has 9 heteroatoms. The van der Waals surface area contributed by atoms with Crippen LogP contribution in [0.3, 0.4) is 0 Å². The summed E-state index contributed by atoms with van der Waals surface area (Å²) in [5, 5.41) is 2.82. The Morgan fingerprint density at radius 2 is 1.71 bits per heavy atom. The molecule has 1 amide bonds. The number of halogens is 6. The summed E-state index contributed by atoms with van der Waals surface area (Å²) >= 11 is 0. The predicted octanol–water partition coefficient (Wildman–Crippen LogP) is 7.47. The quantitative estimate of drug-likeness (QED) is 0.134. The van der Waals surface area contributed by atoms with Crippen molar-refractivity contribution in [3.8, 4) is 0 Å². The molecule has 0 atom stereocenters. The van der Waals surface area contributed by atoms with Gasteiger partial charge in [-0.15, -0.1) is 0 Å². The molecule has 0 unspecified atom stereocenters. The third-order valence-corrected chi connectivity index (χ3v) is 4.83. The van der Waals surface area contributed by atoms with E-state index in [0.29, 0.717) is 24.9 Å². The number of carbonyl (C=O) groups excluding carboxylic acids is 1. The number of hydrogen-bond donors (Lipinski definition) is 1. The highest BCUT2D eigenvalue weighted by molar-refractivity contribution is 5.88. The molecule has 192 valence electrons. The van der Waals surface area contributed by atoms with Crippen molar-refractivity contribution < 1.29 is 35.9 Å². The largest absolute Gasteiger partial charge is 0.416 e. The fraction of sp³-hybridized carbons (Fsp3) is 0.560. The highest BCUT2D eigenvalue weighted by atomic mass is 19.4. The van der Waals surface area contributed by atoms with Gasteiger partial charge in [-0.3, -0.25) is 4.79 Å². The maximum atomic E-state index is 13.1.